The Hall–Kier alpha value is -1.31. The summed E-state index contributed by atoms with van der Waals surface area (Å²) in [5, 5.41) is 0. The molecule has 0 amide bonds. The van der Waals surface area contributed by atoms with Crippen LogP contribution in [0, 0.1) is 0 Å². The standard InChI is InChI=1S/C14H20N2/c1-9(2)11-6-7-12(10(3)4)14-13(11)15-8-16(14)5/h6-10H,1-5H3. The average Bonchev–Trinajstić information content (AvgIpc) is 2.59. The Morgan fingerprint density at radius 1 is 1.00 bits per heavy atom. The maximum atomic E-state index is 4.55. The van der Waals surface area contributed by atoms with Gasteiger partial charge in [-0.2, -0.15) is 0 Å². The zero-order valence-electron chi connectivity index (χ0n) is 10.8. The van der Waals surface area contributed by atoms with E-state index in [9.17, 15) is 0 Å². The molecule has 1 aromatic carbocycles. The Morgan fingerprint density at radius 2 is 1.56 bits per heavy atom. The molecule has 86 valence electrons. The summed E-state index contributed by atoms with van der Waals surface area (Å²) in [7, 11) is 2.07. The Labute approximate surface area is 97.3 Å². The average molecular weight is 216 g/mol. The van der Waals surface area contributed by atoms with Crippen molar-refractivity contribution in [2.45, 2.75) is 39.5 Å². The van der Waals surface area contributed by atoms with Crippen molar-refractivity contribution in [1.29, 1.82) is 0 Å². The molecule has 0 saturated carbocycles. The summed E-state index contributed by atoms with van der Waals surface area (Å²) in [6.45, 7) is 8.91. The van der Waals surface area contributed by atoms with Gasteiger partial charge in [-0.05, 0) is 23.0 Å². The van der Waals surface area contributed by atoms with E-state index in [-0.39, 0.29) is 0 Å². The summed E-state index contributed by atoms with van der Waals surface area (Å²) >= 11 is 0. The largest absolute Gasteiger partial charge is 0.333 e. The first-order valence-corrected chi connectivity index (χ1v) is 5.96. The molecular weight excluding hydrogens is 196 g/mol. The van der Waals surface area contributed by atoms with Crippen molar-refractivity contribution >= 4 is 11.0 Å². The Kier molecular flexibility index (Phi) is 2.75. The zero-order valence-corrected chi connectivity index (χ0v) is 10.8. The number of nitrogens with zero attached hydrogens (tertiary/aromatic N) is 2. The highest BCUT2D eigenvalue weighted by Crippen LogP contribution is 2.30. The Bertz CT molecular complexity index is 507. The van der Waals surface area contributed by atoms with Crippen LogP contribution in [0.25, 0.3) is 11.0 Å². The molecule has 0 atom stereocenters. The normalized spacial score (nSPS) is 11.9. The molecule has 0 spiro atoms. The maximum absolute atomic E-state index is 4.55. The second-order valence-corrected chi connectivity index (χ2v) is 5.11. The SMILES string of the molecule is CC(C)c1ccc(C(C)C)c2c1ncn2C. The minimum atomic E-state index is 0.526. The van der Waals surface area contributed by atoms with Crippen molar-refractivity contribution in [3.8, 4) is 0 Å². The third-order valence-electron chi connectivity index (χ3n) is 3.17. The molecule has 0 aliphatic carbocycles. The third-order valence-corrected chi connectivity index (χ3v) is 3.17. The lowest BCUT2D eigenvalue weighted by molar-refractivity contribution is 0.846. The molecule has 2 rings (SSSR count). The van der Waals surface area contributed by atoms with E-state index < -0.39 is 0 Å². The fraction of sp³-hybridized carbons (Fsp3) is 0.500. The van der Waals surface area contributed by atoms with Gasteiger partial charge in [0.05, 0.1) is 17.4 Å². The van der Waals surface area contributed by atoms with Crippen LogP contribution in [0.15, 0.2) is 18.5 Å². The number of fused-ring (bicyclic) bond motifs is 1. The summed E-state index contributed by atoms with van der Waals surface area (Å²) < 4.78 is 2.14. The second kappa shape index (κ2) is 3.93. The lowest BCUT2D eigenvalue weighted by atomic mass is 9.95. The first-order valence-electron chi connectivity index (χ1n) is 5.96. The first-order chi connectivity index (χ1) is 7.52. The highest BCUT2D eigenvalue weighted by molar-refractivity contribution is 5.83. The van der Waals surface area contributed by atoms with Crippen LogP contribution in [0.4, 0.5) is 0 Å². The van der Waals surface area contributed by atoms with E-state index in [0.29, 0.717) is 11.8 Å². The predicted octanol–water partition coefficient (Wildman–Crippen LogP) is 3.82. The molecule has 0 N–H and O–H groups in total. The zero-order chi connectivity index (χ0) is 11.9. The van der Waals surface area contributed by atoms with Crippen LogP contribution < -0.4 is 0 Å². The molecule has 0 fully saturated rings. The van der Waals surface area contributed by atoms with E-state index in [1.54, 1.807) is 0 Å². The highest BCUT2D eigenvalue weighted by Gasteiger charge is 2.14. The quantitative estimate of drug-likeness (QED) is 0.746. The minimum Gasteiger partial charge on any atom is -0.333 e. The molecule has 1 aromatic heterocycles. The second-order valence-electron chi connectivity index (χ2n) is 5.11. The Morgan fingerprint density at radius 3 is 2.12 bits per heavy atom. The van der Waals surface area contributed by atoms with E-state index in [1.165, 1.54) is 22.2 Å². The van der Waals surface area contributed by atoms with E-state index in [0.717, 1.165) is 0 Å². The van der Waals surface area contributed by atoms with Gasteiger partial charge in [-0.15, -0.1) is 0 Å². The van der Waals surface area contributed by atoms with Gasteiger partial charge in [0, 0.05) is 7.05 Å². The third kappa shape index (κ3) is 1.62. The lowest BCUT2D eigenvalue weighted by Gasteiger charge is -2.13. The van der Waals surface area contributed by atoms with Crippen LogP contribution in [0.3, 0.4) is 0 Å². The molecular formula is C14H20N2. The van der Waals surface area contributed by atoms with Crippen LogP contribution in [0.5, 0.6) is 0 Å². The number of hydrogen-bond donors (Lipinski definition) is 0. The Balaban J connectivity index is 2.79. The highest BCUT2D eigenvalue weighted by atomic mass is 15.0. The fourth-order valence-corrected chi connectivity index (χ4v) is 2.25. The number of hydrogen-bond acceptors (Lipinski definition) is 1. The van der Waals surface area contributed by atoms with Crippen LogP contribution in [-0.2, 0) is 7.05 Å². The van der Waals surface area contributed by atoms with Crippen molar-refractivity contribution < 1.29 is 0 Å². The molecule has 2 nitrogen and oxygen atoms in total. The summed E-state index contributed by atoms with van der Waals surface area (Å²) in [4.78, 5) is 4.55. The van der Waals surface area contributed by atoms with Gasteiger partial charge in [-0.3, -0.25) is 0 Å². The molecule has 0 bridgehead atoms. The number of imidazole rings is 1. The molecule has 0 aliphatic heterocycles. The van der Waals surface area contributed by atoms with Gasteiger partial charge in [-0.25, -0.2) is 4.98 Å². The van der Waals surface area contributed by atoms with Gasteiger partial charge in [0.25, 0.3) is 0 Å². The van der Waals surface area contributed by atoms with Crippen molar-refractivity contribution in [2.75, 3.05) is 0 Å². The van der Waals surface area contributed by atoms with E-state index in [4.69, 9.17) is 0 Å². The smallest absolute Gasteiger partial charge is 0.0955 e. The molecule has 1 heterocycles. The monoisotopic (exact) mass is 216 g/mol. The molecule has 0 radical (unpaired) electrons. The summed E-state index contributed by atoms with van der Waals surface area (Å²) in [5.41, 5.74) is 5.20. The van der Waals surface area contributed by atoms with Gasteiger partial charge in [0.15, 0.2) is 0 Å². The molecule has 0 aliphatic rings. The maximum Gasteiger partial charge on any atom is 0.0955 e. The summed E-state index contributed by atoms with van der Waals surface area (Å²) in [6.07, 6.45) is 1.92. The topological polar surface area (TPSA) is 17.8 Å². The van der Waals surface area contributed by atoms with Crippen molar-refractivity contribution in [1.82, 2.24) is 9.55 Å². The number of rotatable bonds is 2. The molecule has 0 saturated heterocycles. The van der Waals surface area contributed by atoms with Crippen LogP contribution >= 0.6 is 0 Å². The summed E-state index contributed by atoms with van der Waals surface area (Å²) in [5.74, 6) is 1.07. The molecule has 2 heteroatoms. The first kappa shape index (κ1) is 11.2. The molecule has 2 aromatic rings. The van der Waals surface area contributed by atoms with E-state index in [2.05, 4.69) is 56.4 Å². The molecule has 0 unspecified atom stereocenters. The minimum absolute atomic E-state index is 0.526. The van der Waals surface area contributed by atoms with Crippen molar-refractivity contribution in [2.24, 2.45) is 7.05 Å². The number of aryl methyl sites for hydroxylation is 1. The van der Waals surface area contributed by atoms with Gasteiger partial charge in [0.1, 0.15) is 0 Å². The van der Waals surface area contributed by atoms with E-state index in [1.807, 2.05) is 6.33 Å². The lowest BCUT2D eigenvalue weighted by Crippen LogP contribution is -1.97. The van der Waals surface area contributed by atoms with Gasteiger partial charge in [-0.1, -0.05) is 39.8 Å². The number of aromatic nitrogens is 2. The number of benzene rings is 1. The van der Waals surface area contributed by atoms with Gasteiger partial charge in [0.2, 0.25) is 0 Å². The van der Waals surface area contributed by atoms with Gasteiger partial charge >= 0.3 is 0 Å². The predicted molar refractivity (Wildman–Crippen MR) is 68.9 cm³/mol. The summed E-state index contributed by atoms with van der Waals surface area (Å²) in [6, 6.07) is 4.49. The fourth-order valence-electron chi connectivity index (χ4n) is 2.25. The van der Waals surface area contributed by atoms with Crippen molar-refractivity contribution in [3.63, 3.8) is 0 Å². The van der Waals surface area contributed by atoms with E-state index >= 15 is 0 Å². The van der Waals surface area contributed by atoms with Crippen LogP contribution in [0.1, 0.15) is 50.7 Å². The van der Waals surface area contributed by atoms with Gasteiger partial charge < -0.3 is 4.57 Å². The van der Waals surface area contributed by atoms with Crippen LogP contribution in [0.2, 0.25) is 0 Å². The van der Waals surface area contributed by atoms with Crippen molar-refractivity contribution in [3.05, 3.63) is 29.6 Å². The molecule has 16 heavy (non-hydrogen) atoms. The van der Waals surface area contributed by atoms with Crippen LogP contribution in [-0.4, -0.2) is 9.55 Å².